The molecule has 0 aliphatic rings. The Morgan fingerprint density at radius 1 is 1.21 bits per heavy atom. The van der Waals surface area contributed by atoms with Crippen molar-refractivity contribution in [3.8, 4) is 0 Å². The van der Waals surface area contributed by atoms with Gasteiger partial charge in [0.05, 0.1) is 0 Å². The Bertz CT molecular complexity index is 420. The Kier molecular flexibility index (Phi) is 7.14. The van der Waals surface area contributed by atoms with Gasteiger partial charge in [0.25, 0.3) is 5.91 Å². The summed E-state index contributed by atoms with van der Waals surface area (Å²) in [5.41, 5.74) is 5.22. The third-order valence-corrected chi connectivity index (χ3v) is 2.85. The monoisotopic (exact) mass is 328 g/mol. The standard InChI is InChI=1S/C13H17BrN2O3/c1-2-19-9-3-4-12(17)15-16-13(18)10-5-7-11(14)8-6-10/h5-8H,2-4,9H2,1H3,(H,15,17)(H,16,18). The minimum Gasteiger partial charge on any atom is -0.382 e. The van der Waals surface area contributed by atoms with Crippen molar-refractivity contribution in [2.45, 2.75) is 19.8 Å². The van der Waals surface area contributed by atoms with Crippen LogP contribution in [0.25, 0.3) is 0 Å². The van der Waals surface area contributed by atoms with Crippen molar-refractivity contribution in [3.05, 3.63) is 34.3 Å². The number of halogens is 1. The van der Waals surface area contributed by atoms with Crippen LogP contribution in [0.5, 0.6) is 0 Å². The fraction of sp³-hybridized carbons (Fsp3) is 0.385. The summed E-state index contributed by atoms with van der Waals surface area (Å²) < 4.78 is 6.01. The zero-order valence-electron chi connectivity index (χ0n) is 10.7. The number of amides is 2. The van der Waals surface area contributed by atoms with Crippen molar-refractivity contribution in [1.29, 1.82) is 0 Å². The summed E-state index contributed by atoms with van der Waals surface area (Å²) in [5, 5.41) is 0. The molecule has 0 unspecified atom stereocenters. The molecule has 0 spiro atoms. The summed E-state index contributed by atoms with van der Waals surface area (Å²) >= 11 is 3.28. The van der Waals surface area contributed by atoms with Crippen LogP contribution in [-0.2, 0) is 9.53 Å². The number of hydrogen-bond acceptors (Lipinski definition) is 3. The summed E-state index contributed by atoms with van der Waals surface area (Å²) in [6.07, 6.45) is 0.953. The van der Waals surface area contributed by atoms with Gasteiger partial charge in [0, 0.05) is 29.7 Å². The van der Waals surface area contributed by atoms with Crippen LogP contribution in [0.3, 0.4) is 0 Å². The zero-order valence-corrected chi connectivity index (χ0v) is 12.3. The van der Waals surface area contributed by atoms with Crippen LogP contribution in [0.1, 0.15) is 30.1 Å². The quantitative estimate of drug-likeness (QED) is 0.620. The summed E-state index contributed by atoms with van der Waals surface area (Å²) in [6, 6.07) is 6.86. The van der Waals surface area contributed by atoms with Crippen LogP contribution in [0, 0.1) is 0 Å². The second kappa shape index (κ2) is 8.66. The molecule has 6 heteroatoms. The molecule has 2 N–H and O–H groups in total. The molecular formula is C13H17BrN2O3. The van der Waals surface area contributed by atoms with E-state index in [0.29, 0.717) is 31.6 Å². The first-order chi connectivity index (χ1) is 9.13. The predicted octanol–water partition coefficient (Wildman–Crippen LogP) is 2.03. The summed E-state index contributed by atoms with van der Waals surface area (Å²) in [7, 11) is 0. The number of hydrazine groups is 1. The lowest BCUT2D eigenvalue weighted by Gasteiger charge is -2.07. The SMILES string of the molecule is CCOCCCC(=O)NNC(=O)c1ccc(Br)cc1. The highest BCUT2D eigenvalue weighted by atomic mass is 79.9. The lowest BCUT2D eigenvalue weighted by molar-refractivity contribution is -0.122. The van der Waals surface area contributed by atoms with Crippen LogP contribution in [-0.4, -0.2) is 25.0 Å². The Balaban J connectivity index is 2.26. The second-order valence-electron chi connectivity index (χ2n) is 3.81. The molecule has 0 aliphatic heterocycles. The number of carbonyl (C=O) groups is 2. The van der Waals surface area contributed by atoms with E-state index < -0.39 is 0 Å². The van der Waals surface area contributed by atoms with Crippen LogP contribution < -0.4 is 10.9 Å². The molecule has 0 aliphatic carbocycles. The average Bonchev–Trinajstić information content (AvgIpc) is 2.42. The molecule has 104 valence electrons. The Hall–Kier alpha value is -1.40. The highest BCUT2D eigenvalue weighted by molar-refractivity contribution is 9.10. The molecule has 0 bridgehead atoms. The second-order valence-corrected chi connectivity index (χ2v) is 4.73. The van der Waals surface area contributed by atoms with Crippen LogP contribution in [0.15, 0.2) is 28.7 Å². The summed E-state index contributed by atoms with van der Waals surface area (Å²) in [4.78, 5) is 23.1. The van der Waals surface area contributed by atoms with Gasteiger partial charge in [-0.05, 0) is 37.6 Å². The number of hydrogen-bond donors (Lipinski definition) is 2. The molecule has 1 aromatic rings. The van der Waals surface area contributed by atoms with E-state index >= 15 is 0 Å². The van der Waals surface area contributed by atoms with E-state index in [1.54, 1.807) is 24.3 Å². The molecule has 0 radical (unpaired) electrons. The van der Waals surface area contributed by atoms with Gasteiger partial charge in [0.15, 0.2) is 0 Å². The maximum atomic E-state index is 11.7. The van der Waals surface area contributed by atoms with E-state index in [1.807, 2.05) is 6.92 Å². The Morgan fingerprint density at radius 3 is 2.53 bits per heavy atom. The van der Waals surface area contributed by atoms with Crippen molar-refractivity contribution in [2.75, 3.05) is 13.2 Å². The van der Waals surface area contributed by atoms with Gasteiger partial charge in [0.2, 0.25) is 5.91 Å². The van der Waals surface area contributed by atoms with Crippen molar-refractivity contribution >= 4 is 27.7 Å². The minimum absolute atomic E-state index is 0.231. The summed E-state index contributed by atoms with van der Waals surface area (Å²) in [5.74, 6) is -0.573. The topological polar surface area (TPSA) is 67.4 Å². The molecule has 0 fully saturated rings. The third-order valence-electron chi connectivity index (χ3n) is 2.32. The molecule has 0 heterocycles. The molecule has 0 saturated heterocycles. The van der Waals surface area contributed by atoms with E-state index in [0.717, 1.165) is 4.47 Å². The summed E-state index contributed by atoms with van der Waals surface area (Å²) in [6.45, 7) is 3.09. The van der Waals surface area contributed by atoms with Gasteiger partial charge in [-0.25, -0.2) is 0 Å². The molecular weight excluding hydrogens is 312 g/mol. The molecule has 2 amide bonds. The Labute approximate surface area is 120 Å². The molecule has 5 nitrogen and oxygen atoms in total. The van der Waals surface area contributed by atoms with Crippen LogP contribution >= 0.6 is 15.9 Å². The molecule has 1 aromatic carbocycles. The van der Waals surface area contributed by atoms with Gasteiger partial charge in [-0.3, -0.25) is 20.4 Å². The Morgan fingerprint density at radius 2 is 1.89 bits per heavy atom. The highest BCUT2D eigenvalue weighted by Crippen LogP contribution is 2.10. The highest BCUT2D eigenvalue weighted by Gasteiger charge is 2.06. The van der Waals surface area contributed by atoms with Crippen LogP contribution in [0.2, 0.25) is 0 Å². The smallest absolute Gasteiger partial charge is 0.269 e. The third kappa shape index (κ3) is 6.35. The number of rotatable bonds is 6. The minimum atomic E-state index is -0.342. The van der Waals surface area contributed by atoms with Gasteiger partial charge >= 0.3 is 0 Å². The van der Waals surface area contributed by atoms with E-state index in [9.17, 15) is 9.59 Å². The predicted molar refractivity (Wildman–Crippen MR) is 75.5 cm³/mol. The first-order valence-corrected chi connectivity index (χ1v) is 6.85. The number of benzene rings is 1. The average molecular weight is 329 g/mol. The number of carbonyl (C=O) groups excluding carboxylic acids is 2. The maximum absolute atomic E-state index is 11.7. The molecule has 0 atom stereocenters. The number of nitrogens with one attached hydrogen (secondary N) is 2. The lowest BCUT2D eigenvalue weighted by atomic mass is 10.2. The van der Waals surface area contributed by atoms with E-state index in [4.69, 9.17) is 4.74 Å². The zero-order chi connectivity index (χ0) is 14.1. The first kappa shape index (κ1) is 15.7. The largest absolute Gasteiger partial charge is 0.382 e. The first-order valence-electron chi connectivity index (χ1n) is 6.06. The van der Waals surface area contributed by atoms with Crippen LogP contribution in [0.4, 0.5) is 0 Å². The van der Waals surface area contributed by atoms with Crippen molar-refractivity contribution in [3.63, 3.8) is 0 Å². The maximum Gasteiger partial charge on any atom is 0.269 e. The van der Waals surface area contributed by atoms with Gasteiger partial charge < -0.3 is 4.74 Å². The van der Waals surface area contributed by atoms with E-state index in [2.05, 4.69) is 26.8 Å². The molecule has 19 heavy (non-hydrogen) atoms. The van der Waals surface area contributed by atoms with Gasteiger partial charge in [-0.2, -0.15) is 0 Å². The van der Waals surface area contributed by atoms with Gasteiger partial charge in [0.1, 0.15) is 0 Å². The normalized spacial score (nSPS) is 10.0. The molecule has 0 saturated carbocycles. The number of ether oxygens (including phenoxy) is 1. The van der Waals surface area contributed by atoms with Crippen molar-refractivity contribution < 1.29 is 14.3 Å². The molecule has 0 aromatic heterocycles. The van der Waals surface area contributed by atoms with Gasteiger partial charge in [-0.1, -0.05) is 15.9 Å². The van der Waals surface area contributed by atoms with E-state index in [-0.39, 0.29) is 11.8 Å². The van der Waals surface area contributed by atoms with Gasteiger partial charge in [-0.15, -0.1) is 0 Å². The fourth-order valence-electron chi connectivity index (χ4n) is 1.34. The fourth-order valence-corrected chi connectivity index (χ4v) is 1.61. The lowest BCUT2D eigenvalue weighted by Crippen LogP contribution is -2.41. The van der Waals surface area contributed by atoms with Crippen molar-refractivity contribution in [2.24, 2.45) is 0 Å². The molecule has 1 rings (SSSR count). The van der Waals surface area contributed by atoms with E-state index in [1.165, 1.54) is 0 Å². The van der Waals surface area contributed by atoms with Crippen molar-refractivity contribution in [1.82, 2.24) is 10.9 Å².